The maximum Gasteiger partial charge on any atom is 0.303 e. The third-order valence-electron chi connectivity index (χ3n) is 8.76. The Balaban J connectivity index is 1.54. The first-order valence-electron chi connectivity index (χ1n) is 15.6. The number of rotatable bonds is 10. The van der Waals surface area contributed by atoms with Gasteiger partial charge < -0.3 is 28.3 Å². The van der Waals surface area contributed by atoms with Crippen molar-refractivity contribution in [2.75, 3.05) is 20.3 Å². The van der Waals surface area contributed by atoms with Crippen molar-refractivity contribution < 1.29 is 42.6 Å². The number of amides is 1. The molecule has 248 valence electrons. The molecule has 47 heavy (non-hydrogen) atoms. The molecule has 1 spiro atoms. The molecule has 0 unspecified atom stereocenters. The number of likely N-dealkylation sites (tertiary alicyclic amines) is 1. The molecule has 0 saturated carbocycles. The number of methoxy groups -OCH3 is 1. The molecule has 0 radical (unpaired) electrons. The van der Waals surface area contributed by atoms with Crippen molar-refractivity contribution in [1.29, 1.82) is 0 Å². The van der Waals surface area contributed by atoms with Gasteiger partial charge in [-0.15, -0.1) is 0 Å². The molecule has 5 rings (SSSR count). The Labute approximate surface area is 276 Å². The highest BCUT2D eigenvalue weighted by Gasteiger charge is 2.71. The minimum absolute atomic E-state index is 0.105. The van der Waals surface area contributed by atoms with E-state index < -0.39 is 60.9 Å². The van der Waals surface area contributed by atoms with E-state index >= 15 is 0 Å². The van der Waals surface area contributed by atoms with Crippen LogP contribution in [-0.4, -0.2) is 81.0 Å². The molecule has 11 heteroatoms. The molecule has 2 fully saturated rings. The summed E-state index contributed by atoms with van der Waals surface area (Å²) in [5.41, 5.74) is -1.45. The van der Waals surface area contributed by atoms with E-state index in [1.807, 2.05) is 60.7 Å². The number of nitrogens with zero attached hydrogens (tertiary/aromatic N) is 1. The van der Waals surface area contributed by atoms with Crippen LogP contribution in [0.25, 0.3) is 0 Å². The lowest BCUT2D eigenvalue weighted by molar-refractivity contribution is -0.174. The summed E-state index contributed by atoms with van der Waals surface area (Å²) in [6, 6.07) is 27.0. The van der Waals surface area contributed by atoms with Crippen molar-refractivity contribution in [3.63, 3.8) is 0 Å². The zero-order valence-corrected chi connectivity index (χ0v) is 28.6. The lowest BCUT2D eigenvalue weighted by atomic mass is 9.91. The van der Waals surface area contributed by atoms with Crippen LogP contribution in [0.15, 0.2) is 84.9 Å². The van der Waals surface area contributed by atoms with E-state index in [1.54, 1.807) is 31.4 Å². The maximum absolute atomic E-state index is 14.2. The van der Waals surface area contributed by atoms with Gasteiger partial charge in [-0.2, -0.15) is 0 Å². The Morgan fingerprint density at radius 3 is 1.91 bits per heavy atom. The number of hydrogen-bond donors (Lipinski definition) is 0. The molecule has 0 aromatic heterocycles. The molecular formula is C36H41NO9Si. The van der Waals surface area contributed by atoms with E-state index in [4.69, 9.17) is 23.4 Å². The Morgan fingerprint density at radius 2 is 1.43 bits per heavy atom. The van der Waals surface area contributed by atoms with Crippen molar-refractivity contribution in [2.45, 2.75) is 70.1 Å². The summed E-state index contributed by atoms with van der Waals surface area (Å²) in [6.45, 7) is 8.40. The van der Waals surface area contributed by atoms with Gasteiger partial charge in [0.25, 0.3) is 14.2 Å². The van der Waals surface area contributed by atoms with Gasteiger partial charge in [0.05, 0.1) is 20.3 Å². The van der Waals surface area contributed by atoms with Crippen molar-refractivity contribution in [3.05, 3.63) is 90.5 Å². The van der Waals surface area contributed by atoms with Crippen LogP contribution in [0, 0.1) is 0 Å². The second-order valence-electron chi connectivity index (χ2n) is 12.9. The fourth-order valence-corrected chi connectivity index (χ4v) is 11.3. The number of carbonyl (C=O) groups is 4. The Morgan fingerprint density at radius 1 is 0.872 bits per heavy atom. The Hall–Kier alpha value is -4.32. The van der Waals surface area contributed by atoms with Gasteiger partial charge in [0.15, 0.2) is 18.0 Å². The van der Waals surface area contributed by atoms with Gasteiger partial charge in [-0.25, -0.2) is 0 Å². The number of Topliss-reactive ketones (excluding diaryl/α,β-unsaturated/α-hetero) is 1. The molecule has 0 N–H and O–H groups in total. The number of ether oxygens (including phenoxy) is 4. The first-order chi connectivity index (χ1) is 22.3. The molecule has 1 amide bonds. The molecule has 10 nitrogen and oxygen atoms in total. The van der Waals surface area contributed by atoms with E-state index in [2.05, 4.69) is 20.8 Å². The number of esters is 2. The summed E-state index contributed by atoms with van der Waals surface area (Å²) >= 11 is 0. The van der Waals surface area contributed by atoms with Crippen LogP contribution in [0.4, 0.5) is 0 Å². The average Bonchev–Trinajstić information content (AvgIpc) is 3.45. The Bertz CT molecular complexity index is 1570. The fraction of sp³-hybridized carbons (Fsp3) is 0.389. The first kappa shape index (κ1) is 34.0. The monoisotopic (exact) mass is 659 g/mol. The van der Waals surface area contributed by atoms with Crippen LogP contribution >= 0.6 is 0 Å². The van der Waals surface area contributed by atoms with E-state index in [0.29, 0.717) is 5.75 Å². The highest BCUT2D eigenvalue weighted by atomic mass is 28.4. The van der Waals surface area contributed by atoms with Gasteiger partial charge in [-0.3, -0.25) is 19.2 Å². The van der Waals surface area contributed by atoms with Crippen molar-refractivity contribution >= 4 is 42.3 Å². The van der Waals surface area contributed by atoms with Crippen molar-refractivity contribution in [1.82, 2.24) is 4.90 Å². The summed E-state index contributed by atoms with van der Waals surface area (Å²) in [5, 5.41) is 1.61. The molecule has 3 aromatic rings. The number of benzene rings is 3. The Kier molecular flexibility index (Phi) is 9.72. The van der Waals surface area contributed by atoms with Gasteiger partial charge in [0.1, 0.15) is 11.9 Å². The number of carbonyl (C=O) groups excluding carboxylic acids is 4. The van der Waals surface area contributed by atoms with Gasteiger partial charge in [0.2, 0.25) is 5.60 Å². The van der Waals surface area contributed by atoms with Crippen LogP contribution < -0.4 is 15.1 Å². The lowest BCUT2D eigenvalue weighted by Crippen LogP contribution is -2.67. The van der Waals surface area contributed by atoms with Crippen LogP contribution in [0.2, 0.25) is 5.04 Å². The summed E-state index contributed by atoms with van der Waals surface area (Å²) in [4.78, 5) is 54.4. The highest BCUT2D eigenvalue weighted by Crippen LogP contribution is 2.43. The number of ketones is 1. The topological polar surface area (TPSA) is 118 Å². The fourth-order valence-electron chi connectivity index (χ4n) is 6.75. The zero-order chi connectivity index (χ0) is 34.0. The standard InChI is InChI=1S/C36H41NO9Si/c1-24(38)44-32-30(23-43-47(35(3,4)5,28-13-9-7-10-14-28)29-15-11-8-12-16-29)46-36(33(32)45-25(2)39)31(40)22-37(34(36)41)21-26-17-19-27(42-6)20-18-26/h7-20,30,32-33H,21-23H2,1-6H3/t30-,32+,33+,36+/m1/s1. The normalized spacial score (nSPS) is 22.9. The summed E-state index contributed by atoms with van der Waals surface area (Å²) in [6.07, 6.45) is -3.92. The smallest absolute Gasteiger partial charge is 0.303 e. The first-order valence-corrected chi connectivity index (χ1v) is 17.5. The predicted octanol–water partition coefficient (Wildman–Crippen LogP) is 3.18. The van der Waals surface area contributed by atoms with Crippen LogP contribution in [-0.2, 0) is 44.4 Å². The summed E-state index contributed by atoms with van der Waals surface area (Å²) in [5.74, 6) is -2.05. The molecule has 2 saturated heterocycles. The minimum Gasteiger partial charge on any atom is -0.497 e. The largest absolute Gasteiger partial charge is 0.497 e. The number of hydrogen-bond acceptors (Lipinski definition) is 9. The highest BCUT2D eigenvalue weighted by molar-refractivity contribution is 6.99. The van der Waals surface area contributed by atoms with Crippen molar-refractivity contribution in [2.24, 2.45) is 0 Å². The van der Waals surface area contributed by atoms with Crippen LogP contribution in [0.1, 0.15) is 40.2 Å². The van der Waals surface area contributed by atoms with Crippen molar-refractivity contribution in [3.8, 4) is 5.75 Å². The second kappa shape index (κ2) is 13.4. The molecule has 3 aromatic carbocycles. The zero-order valence-electron chi connectivity index (χ0n) is 27.6. The third kappa shape index (κ3) is 6.35. The third-order valence-corrected chi connectivity index (χ3v) is 13.8. The quantitative estimate of drug-likeness (QED) is 0.184. The molecule has 2 heterocycles. The molecular weight excluding hydrogens is 618 g/mol. The van der Waals surface area contributed by atoms with E-state index in [0.717, 1.165) is 15.9 Å². The van der Waals surface area contributed by atoms with Gasteiger partial charge >= 0.3 is 11.9 Å². The summed E-state index contributed by atoms with van der Waals surface area (Å²) in [7, 11) is -1.56. The minimum atomic E-state index is -3.12. The molecule has 4 atom stereocenters. The maximum atomic E-state index is 14.2. The van der Waals surface area contributed by atoms with Crippen LogP contribution in [0.5, 0.6) is 5.75 Å². The van der Waals surface area contributed by atoms with Gasteiger partial charge in [0, 0.05) is 20.4 Å². The second-order valence-corrected chi connectivity index (χ2v) is 17.2. The van der Waals surface area contributed by atoms with E-state index in [9.17, 15) is 19.2 Å². The predicted molar refractivity (Wildman–Crippen MR) is 176 cm³/mol. The van der Waals surface area contributed by atoms with Gasteiger partial charge in [-0.1, -0.05) is 93.6 Å². The lowest BCUT2D eigenvalue weighted by Gasteiger charge is -2.43. The molecule has 0 bridgehead atoms. The van der Waals surface area contributed by atoms with Gasteiger partial charge in [-0.05, 0) is 33.1 Å². The molecule has 2 aliphatic heterocycles. The van der Waals surface area contributed by atoms with E-state index in [-0.39, 0.29) is 19.7 Å². The molecule has 2 aliphatic rings. The molecule has 0 aliphatic carbocycles. The van der Waals surface area contributed by atoms with Crippen LogP contribution in [0.3, 0.4) is 0 Å². The SMILES string of the molecule is COc1ccc(CN2CC(=O)[C@@]3(O[C@H](CO[Si](c4ccccc4)(c4ccccc4)C(C)(C)C)[C@H](OC(C)=O)[C@@H]3OC(C)=O)C2=O)cc1. The summed E-state index contributed by atoms with van der Waals surface area (Å²) < 4.78 is 30.1. The van der Waals surface area contributed by atoms with E-state index in [1.165, 1.54) is 18.7 Å². The average molecular weight is 660 g/mol.